The Balaban J connectivity index is 2.45. The van der Waals surface area contributed by atoms with Gasteiger partial charge in [0, 0.05) is 22.6 Å². The third kappa shape index (κ3) is 7.50. The van der Waals surface area contributed by atoms with Crippen molar-refractivity contribution in [2.45, 2.75) is 39.4 Å². The molecule has 11 heteroatoms. The molecule has 1 unspecified atom stereocenters. The molecule has 1 atom stereocenters. The first-order valence-corrected chi connectivity index (χ1v) is 13.1. The van der Waals surface area contributed by atoms with E-state index in [0.717, 1.165) is 10.6 Å². The van der Waals surface area contributed by atoms with E-state index >= 15 is 0 Å². The minimum absolute atomic E-state index is 0.00602. The number of nitrogens with one attached hydrogen (secondary N) is 1. The Bertz CT molecular complexity index is 1130. The number of hydrogen-bond donors (Lipinski definition) is 1. The van der Waals surface area contributed by atoms with Crippen LogP contribution in [0.25, 0.3) is 0 Å². The van der Waals surface area contributed by atoms with E-state index < -0.39 is 28.5 Å². The summed E-state index contributed by atoms with van der Waals surface area (Å²) in [7, 11) is -3.92. The molecule has 0 aromatic heterocycles. The Kier molecular flexibility index (Phi) is 9.43. The van der Waals surface area contributed by atoms with Crippen LogP contribution in [0.4, 0.5) is 5.69 Å². The Hall–Kier alpha value is -2.00. The third-order valence-electron chi connectivity index (χ3n) is 4.75. The number of rotatable bonds is 9. The number of benzene rings is 2. The zero-order chi connectivity index (χ0) is 24.9. The Labute approximate surface area is 209 Å². The lowest BCUT2D eigenvalue weighted by atomic mass is 10.1. The summed E-state index contributed by atoms with van der Waals surface area (Å²) in [5, 5.41) is 3.56. The standard InChI is InChI=1S/C22H26Cl3N3O4S/c1-14(2)26-22(30)15(3)27(12-16-7-5-6-8-18(16)24)21(29)13-28(33(4,31)32)20-11-17(23)9-10-19(20)25/h5-11,14-15H,12-13H2,1-4H3,(H,26,30). The van der Waals surface area contributed by atoms with Gasteiger partial charge in [-0.2, -0.15) is 0 Å². The molecule has 2 amide bonds. The number of carbonyl (C=O) groups excluding carboxylic acids is 2. The second-order valence-corrected chi connectivity index (χ2v) is 11.0. The van der Waals surface area contributed by atoms with Gasteiger partial charge in [0.15, 0.2) is 0 Å². The van der Waals surface area contributed by atoms with Crippen molar-refractivity contribution >= 4 is 62.3 Å². The maximum Gasteiger partial charge on any atom is 0.244 e. The summed E-state index contributed by atoms with van der Waals surface area (Å²) in [6.45, 7) is 4.60. The van der Waals surface area contributed by atoms with Crippen LogP contribution in [-0.4, -0.2) is 50.0 Å². The lowest BCUT2D eigenvalue weighted by molar-refractivity contribution is -0.139. The normalized spacial score (nSPS) is 12.4. The zero-order valence-corrected chi connectivity index (χ0v) is 21.8. The van der Waals surface area contributed by atoms with Crippen LogP contribution in [0.3, 0.4) is 0 Å². The number of amides is 2. The van der Waals surface area contributed by atoms with Crippen molar-refractivity contribution in [3.05, 3.63) is 63.1 Å². The van der Waals surface area contributed by atoms with E-state index in [9.17, 15) is 18.0 Å². The van der Waals surface area contributed by atoms with Crippen molar-refractivity contribution in [3.8, 4) is 0 Å². The summed E-state index contributed by atoms with van der Waals surface area (Å²) in [4.78, 5) is 27.4. The van der Waals surface area contributed by atoms with Gasteiger partial charge in [0.25, 0.3) is 0 Å². The molecule has 0 saturated heterocycles. The molecule has 0 aliphatic rings. The molecule has 2 aromatic rings. The van der Waals surface area contributed by atoms with Gasteiger partial charge in [-0.15, -0.1) is 0 Å². The van der Waals surface area contributed by atoms with Crippen LogP contribution in [0.2, 0.25) is 15.1 Å². The summed E-state index contributed by atoms with van der Waals surface area (Å²) in [6.07, 6.45) is 0.963. The van der Waals surface area contributed by atoms with E-state index in [1.54, 1.807) is 45.0 Å². The fourth-order valence-electron chi connectivity index (χ4n) is 3.07. The van der Waals surface area contributed by atoms with Crippen LogP contribution in [0.5, 0.6) is 0 Å². The monoisotopic (exact) mass is 533 g/mol. The molecule has 0 bridgehead atoms. The minimum Gasteiger partial charge on any atom is -0.352 e. The maximum atomic E-state index is 13.4. The fourth-order valence-corrected chi connectivity index (χ4v) is 4.55. The van der Waals surface area contributed by atoms with Crippen LogP contribution < -0.4 is 9.62 Å². The molecule has 0 spiro atoms. The first-order valence-electron chi connectivity index (χ1n) is 10.1. The largest absolute Gasteiger partial charge is 0.352 e. The van der Waals surface area contributed by atoms with Gasteiger partial charge in [-0.1, -0.05) is 53.0 Å². The predicted molar refractivity (Wildman–Crippen MR) is 133 cm³/mol. The van der Waals surface area contributed by atoms with Crippen LogP contribution >= 0.6 is 34.8 Å². The van der Waals surface area contributed by atoms with E-state index in [1.807, 2.05) is 0 Å². The van der Waals surface area contributed by atoms with Crippen LogP contribution in [0.15, 0.2) is 42.5 Å². The van der Waals surface area contributed by atoms with Gasteiger partial charge in [0.1, 0.15) is 12.6 Å². The number of hydrogen-bond acceptors (Lipinski definition) is 4. The Morgan fingerprint density at radius 1 is 1.00 bits per heavy atom. The second kappa shape index (κ2) is 11.4. The number of nitrogens with zero attached hydrogens (tertiary/aromatic N) is 2. The highest BCUT2D eigenvalue weighted by molar-refractivity contribution is 7.92. The average molecular weight is 535 g/mol. The third-order valence-corrected chi connectivity index (χ3v) is 6.80. The smallest absolute Gasteiger partial charge is 0.244 e. The summed E-state index contributed by atoms with van der Waals surface area (Å²) in [6, 6.07) is 10.2. The molecule has 0 saturated carbocycles. The summed E-state index contributed by atoms with van der Waals surface area (Å²) >= 11 is 18.5. The molecule has 0 fully saturated rings. The Morgan fingerprint density at radius 2 is 1.64 bits per heavy atom. The molecule has 2 rings (SSSR count). The lowest BCUT2D eigenvalue weighted by Gasteiger charge is -2.32. The van der Waals surface area contributed by atoms with Gasteiger partial charge in [0.2, 0.25) is 21.8 Å². The van der Waals surface area contributed by atoms with Gasteiger partial charge in [0.05, 0.1) is 17.0 Å². The molecule has 7 nitrogen and oxygen atoms in total. The summed E-state index contributed by atoms with van der Waals surface area (Å²) in [5.41, 5.74) is 0.681. The molecule has 0 radical (unpaired) electrons. The van der Waals surface area contributed by atoms with Crippen molar-refractivity contribution in [2.24, 2.45) is 0 Å². The van der Waals surface area contributed by atoms with Crippen molar-refractivity contribution in [1.82, 2.24) is 10.2 Å². The molecule has 33 heavy (non-hydrogen) atoms. The second-order valence-electron chi connectivity index (χ2n) is 7.82. The number of halogens is 3. The van der Waals surface area contributed by atoms with E-state index in [-0.39, 0.29) is 34.2 Å². The topological polar surface area (TPSA) is 86.8 Å². The molecule has 0 aliphatic carbocycles. The summed E-state index contributed by atoms with van der Waals surface area (Å²) < 4.78 is 26.0. The maximum absolute atomic E-state index is 13.4. The lowest BCUT2D eigenvalue weighted by Crippen LogP contribution is -2.52. The average Bonchev–Trinajstić information content (AvgIpc) is 2.71. The van der Waals surface area contributed by atoms with E-state index in [4.69, 9.17) is 34.8 Å². The van der Waals surface area contributed by atoms with E-state index in [0.29, 0.717) is 10.6 Å². The first kappa shape index (κ1) is 27.2. The quantitative estimate of drug-likeness (QED) is 0.518. The highest BCUT2D eigenvalue weighted by atomic mass is 35.5. The SMILES string of the molecule is CC(C)NC(=O)C(C)N(Cc1ccccc1Cl)C(=O)CN(c1cc(Cl)ccc1Cl)S(C)(=O)=O. The van der Waals surface area contributed by atoms with Gasteiger partial charge < -0.3 is 10.2 Å². The minimum atomic E-state index is -3.92. The predicted octanol–water partition coefficient (Wildman–Crippen LogP) is 4.35. The fraction of sp³-hybridized carbons (Fsp3) is 0.364. The number of carbonyl (C=O) groups is 2. The van der Waals surface area contributed by atoms with Crippen molar-refractivity contribution in [3.63, 3.8) is 0 Å². The molecular formula is C22H26Cl3N3O4S. The highest BCUT2D eigenvalue weighted by Crippen LogP contribution is 2.31. The number of sulfonamides is 1. The van der Waals surface area contributed by atoms with Gasteiger partial charge in [-0.3, -0.25) is 13.9 Å². The Morgan fingerprint density at radius 3 is 2.21 bits per heavy atom. The molecule has 180 valence electrons. The van der Waals surface area contributed by atoms with E-state index in [2.05, 4.69) is 5.32 Å². The molecule has 2 aromatic carbocycles. The number of anilines is 1. The van der Waals surface area contributed by atoms with Crippen LogP contribution in [-0.2, 0) is 26.2 Å². The zero-order valence-electron chi connectivity index (χ0n) is 18.7. The van der Waals surface area contributed by atoms with Gasteiger partial charge >= 0.3 is 0 Å². The van der Waals surface area contributed by atoms with Crippen molar-refractivity contribution in [2.75, 3.05) is 17.1 Å². The van der Waals surface area contributed by atoms with Crippen LogP contribution in [0.1, 0.15) is 26.3 Å². The van der Waals surface area contributed by atoms with Gasteiger partial charge in [-0.05, 0) is 50.6 Å². The highest BCUT2D eigenvalue weighted by Gasteiger charge is 2.31. The van der Waals surface area contributed by atoms with Crippen molar-refractivity contribution < 1.29 is 18.0 Å². The van der Waals surface area contributed by atoms with Gasteiger partial charge in [-0.25, -0.2) is 8.42 Å². The molecule has 0 aliphatic heterocycles. The molecular weight excluding hydrogens is 509 g/mol. The molecule has 1 N–H and O–H groups in total. The van der Waals surface area contributed by atoms with E-state index in [1.165, 1.54) is 23.1 Å². The van der Waals surface area contributed by atoms with Crippen molar-refractivity contribution in [1.29, 1.82) is 0 Å². The first-order chi connectivity index (χ1) is 15.3. The van der Waals surface area contributed by atoms with Crippen LogP contribution in [0, 0.1) is 0 Å². The summed E-state index contributed by atoms with van der Waals surface area (Å²) in [5.74, 6) is -0.986. The molecule has 0 heterocycles.